The Bertz CT molecular complexity index is 524. The zero-order valence-electron chi connectivity index (χ0n) is 9.40. The fourth-order valence-corrected chi connectivity index (χ4v) is 2.13. The van der Waals surface area contributed by atoms with E-state index in [1.807, 2.05) is 36.0 Å². The second-order valence-electron chi connectivity index (χ2n) is 3.78. The summed E-state index contributed by atoms with van der Waals surface area (Å²) >= 11 is 9.35. The highest BCUT2D eigenvalue weighted by molar-refractivity contribution is 9.10. The van der Waals surface area contributed by atoms with Crippen molar-refractivity contribution in [3.8, 4) is 0 Å². The molecule has 3 nitrogen and oxygen atoms in total. The summed E-state index contributed by atoms with van der Waals surface area (Å²) < 4.78 is 2.72. The lowest BCUT2D eigenvalue weighted by molar-refractivity contribution is 0.658. The largest absolute Gasteiger partial charge is 0.320 e. The second-order valence-corrected chi connectivity index (χ2v) is 5.04. The van der Waals surface area contributed by atoms with Gasteiger partial charge in [-0.25, -0.2) is 0 Å². The predicted molar refractivity (Wildman–Crippen MR) is 73.1 cm³/mol. The highest BCUT2D eigenvalue weighted by Gasteiger charge is 2.12. The monoisotopic (exact) mass is 313 g/mol. The van der Waals surface area contributed by atoms with Gasteiger partial charge in [0, 0.05) is 22.8 Å². The van der Waals surface area contributed by atoms with E-state index in [4.69, 9.17) is 17.3 Å². The molecule has 2 aromatic rings. The smallest absolute Gasteiger partial charge is 0.0583 e. The number of hydrogen-bond donors (Lipinski definition) is 1. The summed E-state index contributed by atoms with van der Waals surface area (Å²) in [5.74, 6) is 0. The lowest BCUT2D eigenvalue weighted by Gasteiger charge is -2.10. The second kappa shape index (κ2) is 5.21. The van der Waals surface area contributed by atoms with E-state index in [2.05, 4.69) is 21.0 Å². The Morgan fingerprint density at radius 3 is 2.82 bits per heavy atom. The molecule has 0 saturated heterocycles. The van der Waals surface area contributed by atoms with Crippen LogP contribution in [-0.2, 0) is 6.54 Å². The number of nitrogens with zero attached hydrogens (tertiary/aromatic N) is 2. The molecule has 17 heavy (non-hydrogen) atoms. The van der Waals surface area contributed by atoms with Crippen molar-refractivity contribution in [3.63, 3.8) is 0 Å². The molecule has 5 heteroatoms. The number of hydrogen-bond acceptors (Lipinski definition) is 2. The van der Waals surface area contributed by atoms with Gasteiger partial charge in [-0.05, 0) is 40.5 Å². The topological polar surface area (TPSA) is 43.8 Å². The van der Waals surface area contributed by atoms with E-state index in [9.17, 15) is 0 Å². The van der Waals surface area contributed by atoms with Crippen LogP contribution in [0.1, 0.15) is 24.1 Å². The van der Waals surface area contributed by atoms with Crippen molar-refractivity contribution in [1.82, 2.24) is 9.78 Å². The molecule has 0 fully saturated rings. The van der Waals surface area contributed by atoms with Gasteiger partial charge in [0.25, 0.3) is 0 Å². The SMILES string of the molecule is CCn1cc(C(N)c2ccc(Cl)c(Br)c2)cn1. The van der Waals surface area contributed by atoms with Crippen molar-refractivity contribution in [1.29, 1.82) is 0 Å². The molecular formula is C12H13BrClN3. The predicted octanol–water partition coefficient (Wildman–Crippen LogP) is 3.37. The minimum Gasteiger partial charge on any atom is -0.320 e. The Morgan fingerprint density at radius 2 is 2.24 bits per heavy atom. The first-order valence-electron chi connectivity index (χ1n) is 5.34. The van der Waals surface area contributed by atoms with Crippen LogP contribution < -0.4 is 5.73 Å². The first-order chi connectivity index (χ1) is 8.11. The Morgan fingerprint density at radius 1 is 1.47 bits per heavy atom. The highest BCUT2D eigenvalue weighted by Crippen LogP contribution is 2.27. The van der Waals surface area contributed by atoms with E-state index in [-0.39, 0.29) is 6.04 Å². The van der Waals surface area contributed by atoms with Crippen molar-refractivity contribution >= 4 is 27.5 Å². The summed E-state index contributed by atoms with van der Waals surface area (Å²) in [6.07, 6.45) is 3.77. The zero-order chi connectivity index (χ0) is 12.4. The van der Waals surface area contributed by atoms with Gasteiger partial charge in [0.05, 0.1) is 17.3 Å². The molecule has 0 aliphatic rings. The van der Waals surface area contributed by atoms with Gasteiger partial charge in [0.15, 0.2) is 0 Å². The van der Waals surface area contributed by atoms with Gasteiger partial charge in [-0.3, -0.25) is 4.68 Å². The first-order valence-corrected chi connectivity index (χ1v) is 6.51. The molecule has 1 aromatic heterocycles. The Kier molecular flexibility index (Phi) is 3.86. The number of benzene rings is 1. The number of halogens is 2. The van der Waals surface area contributed by atoms with Gasteiger partial charge >= 0.3 is 0 Å². The molecule has 0 radical (unpaired) electrons. The molecule has 0 spiro atoms. The van der Waals surface area contributed by atoms with Crippen LogP contribution in [0.5, 0.6) is 0 Å². The average molecular weight is 315 g/mol. The van der Waals surface area contributed by atoms with Gasteiger partial charge in [0.2, 0.25) is 0 Å². The lowest BCUT2D eigenvalue weighted by atomic mass is 10.0. The normalized spacial score (nSPS) is 12.7. The summed E-state index contributed by atoms with van der Waals surface area (Å²) in [5, 5.41) is 4.91. The number of rotatable bonds is 3. The molecule has 1 atom stereocenters. The highest BCUT2D eigenvalue weighted by atomic mass is 79.9. The third-order valence-electron chi connectivity index (χ3n) is 2.64. The van der Waals surface area contributed by atoms with E-state index in [0.29, 0.717) is 5.02 Å². The summed E-state index contributed by atoms with van der Waals surface area (Å²) in [6, 6.07) is 5.53. The molecule has 1 heterocycles. The standard InChI is InChI=1S/C12H13BrClN3/c1-2-17-7-9(6-16-17)12(15)8-3-4-11(14)10(13)5-8/h3-7,12H,2,15H2,1H3. The number of nitrogens with two attached hydrogens (primary N) is 1. The van der Waals surface area contributed by atoms with E-state index >= 15 is 0 Å². The minimum atomic E-state index is -0.177. The van der Waals surface area contributed by atoms with Crippen molar-refractivity contribution in [2.75, 3.05) is 0 Å². The molecule has 1 unspecified atom stereocenters. The zero-order valence-corrected chi connectivity index (χ0v) is 11.7. The maximum atomic E-state index is 6.19. The van der Waals surface area contributed by atoms with Gasteiger partial charge in [0.1, 0.15) is 0 Å². The van der Waals surface area contributed by atoms with Crippen molar-refractivity contribution in [2.24, 2.45) is 5.73 Å². The molecule has 0 saturated carbocycles. The molecule has 0 aliphatic carbocycles. The molecule has 90 valence electrons. The van der Waals surface area contributed by atoms with E-state index < -0.39 is 0 Å². The third-order valence-corrected chi connectivity index (χ3v) is 3.85. The van der Waals surface area contributed by atoms with Crippen LogP contribution in [-0.4, -0.2) is 9.78 Å². The van der Waals surface area contributed by atoms with E-state index in [1.165, 1.54) is 0 Å². The van der Waals surface area contributed by atoms with Crippen LogP contribution >= 0.6 is 27.5 Å². The lowest BCUT2D eigenvalue weighted by Crippen LogP contribution is -2.11. The van der Waals surface area contributed by atoms with Crippen LogP contribution in [0, 0.1) is 0 Å². The third kappa shape index (κ3) is 2.70. The van der Waals surface area contributed by atoms with E-state index in [1.54, 1.807) is 6.20 Å². The Hall–Kier alpha value is -0.840. The summed E-state index contributed by atoms with van der Waals surface area (Å²) in [4.78, 5) is 0. The summed E-state index contributed by atoms with van der Waals surface area (Å²) in [7, 11) is 0. The number of aromatic nitrogens is 2. The van der Waals surface area contributed by atoms with Gasteiger partial charge in [-0.1, -0.05) is 17.7 Å². The molecule has 1 aromatic carbocycles. The quantitative estimate of drug-likeness (QED) is 0.944. The Balaban J connectivity index is 2.29. The Labute approximate surface area is 114 Å². The van der Waals surface area contributed by atoms with Gasteiger partial charge in [-0.2, -0.15) is 5.10 Å². The maximum absolute atomic E-state index is 6.19. The molecule has 0 aliphatic heterocycles. The van der Waals surface area contributed by atoms with Gasteiger partial charge in [-0.15, -0.1) is 0 Å². The maximum Gasteiger partial charge on any atom is 0.0583 e. The van der Waals surface area contributed by atoms with Crippen LogP contribution in [0.3, 0.4) is 0 Å². The van der Waals surface area contributed by atoms with Gasteiger partial charge < -0.3 is 5.73 Å². The fourth-order valence-electron chi connectivity index (χ4n) is 1.61. The van der Waals surface area contributed by atoms with Crippen LogP contribution in [0.2, 0.25) is 5.02 Å². The summed E-state index contributed by atoms with van der Waals surface area (Å²) in [6.45, 7) is 2.89. The fraction of sp³-hybridized carbons (Fsp3) is 0.250. The molecule has 2 rings (SSSR count). The van der Waals surface area contributed by atoms with Crippen LogP contribution in [0.25, 0.3) is 0 Å². The average Bonchev–Trinajstić information content (AvgIpc) is 2.80. The summed E-state index contributed by atoms with van der Waals surface area (Å²) in [5.41, 5.74) is 8.20. The van der Waals surface area contributed by atoms with Crippen molar-refractivity contribution in [3.05, 3.63) is 51.2 Å². The number of aryl methyl sites for hydroxylation is 1. The molecular weight excluding hydrogens is 302 g/mol. The van der Waals surface area contributed by atoms with Crippen molar-refractivity contribution in [2.45, 2.75) is 19.5 Å². The molecule has 0 amide bonds. The van der Waals surface area contributed by atoms with Crippen LogP contribution in [0.4, 0.5) is 0 Å². The first kappa shape index (κ1) is 12.6. The molecule has 0 bridgehead atoms. The molecule has 2 N–H and O–H groups in total. The van der Waals surface area contributed by atoms with Crippen molar-refractivity contribution < 1.29 is 0 Å². The van der Waals surface area contributed by atoms with E-state index in [0.717, 1.165) is 22.1 Å². The minimum absolute atomic E-state index is 0.177. The van der Waals surface area contributed by atoms with Crippen LogP contribution in [0.15, 0.2) is 35.1 Å².